The van der Waals surface area contributed by atoms with Crippen LogP contribution in [0.3, 0.4) is 0 Å². The molecule has 0 saturated carbocycles. The summed E-state index contributed by atoms with van der Waals surface area (Å²) < 4.78 is 11.4. The fourth-order valence-electron chi connectivity index (χ4n) is 1.60. The van der Waals surface area contributed by atoms with Gasteiger partial charge in [-0.25, -0.2) is 0 Å². The van der Waals surface area contributed by atoms with E-state index in [1.165, 1.54) is 0 Å². The maximum atomic E-state index is 5.87. The summed E-state index contributed by atoms with van der Waals surface area (Å²) in [6.07, 6.45) is 0. The second-order valence-corrected chi connectivity index (χ2v) is 3.75. The molecule has 0 amide bonds. The van der Waals surface area contributed by atoms with Crippen molar-refractivity contribution in [2.24, 2.45) is 0 Å². The van der Waals surface area contributed by atoms with E-state index in [0.29, 0.717) is 6.61 Å². The van der Waals surface area contributed by atoms with Crippen molar-refractivity contribution in [2.45, 2.75) is 13.8 Å². The summed E-state index contributed by atoms with van der Waals surface area (Å²) in [6, 6.07) is 15.7. The van der Waals surface area contributed by atoms with Gasteiger partial charge >= 0.3 is 0 Å². The third-order valence-corrected chi connectivity index (χ3v) is 2.46. The van der Waals surface area contributed by atoms with Crippen LogP contribution < -0.4 is 9.47 Å². The fraction of sp³-hybridized carbons (Fsp3) is 0.200. The topological polar surface area (TPSA) is 18.5 Å². The monoisotopic (exact) mass is 228 g/mol. The van der Waals surface area contributed by atoms with E-state index in [2.05, 4.69) is 0 Å². The van der Waals surface area contributed by atoms with Crippen molar-refractivity contribution < 1.29 is 9.47 Å². The standard InChI is InChI=1S/C15H16O2/c1-3-16-14-10-6-7-11-15(14)17-13-9-5-4-8-12(13)2/h4-11H,3H2,1-2H3. The molecule has 2 heteroatoms. The summed E-state index contributed by atoms with van der Waals surface area (Å²) in [6.45, 7) is 4.62. The van der Waals surface area contributed by atoms with Crippen molar-refractivity contribution in [3.63, 3.8) is 0 Å². The SMILES string of the molecule is CCOc1ccccc1Oc1ccccc1C. The van der Waals surface area contributed by atoms with Crippen LogP contribution in [0, 0.1) is 6.92 Å². The molecule has 17 heavy (non-hydrogen) atoms. The number of para-hydroxylation sites is 3. The van der Waals surface area contributed by atoms with Crippen LogP contribution in [-0.4, -0.2) is 6.61 Å². The lowest BCUT2D eigenvalue weighted by molar-refractivity contribution is 0.321. The molecule has 0 bridgehead atoms. The van der Waals surface area contributed by atoms with Crippen molar-refractivity contribution in [1.29, 1.82) is 0 Å². The van der Waals surface area contributed by atoms with Crippen molar-refractivity contribution in [3.8, 4) is 17.2 Å². The normalized spacial score (nSPS) is 10.0. The summed E-state index contributed by atoms with van der Waals surface area (Å²) in [5, 5.41) is 0. The van der Waals surface area contributed by atoms with Gasteiger partial charge in [-0.2, -0.15) is 0 Å². The molecule has 0 aliphatic heterocycles. The van der Waals surface area contributed by atoms with Crippen molar-refractivity contribution >= 4 is 0 Å². The van der Waals surface area contributed by atoms with E-state index in [1.807, 2.05) is 62.4 Å². The smallest absolute Gasteiger partial charge is 0.169 e. The van der Waals surface area contributed by atoms with E-state index in [0.717, 1.165) is 22.8 Å². The van der Waals surface area contributed by atoms with E-state index in [9.17, 15) is 0 Å². The highest BCUT2D eigenvalue weighted by Crippen LogP contribution is 2.32. The van der Waals surface area contributed by atoms with Gasteiger partial charge in [-0.3, -0.25) is 0 Å². The molecule has 2 aromatic rings. The largest absolute Gasteiger partial charge is 0.490 e. The van der Waals surface area contributed by atoms with Crippen LogP contribution in [0.5, 0.6) is 17.2 Å². The number of hydrogen-bond donors (Lipinski definition) is 0. The van der Waals surface area contributed by atoms with Gasteiger partial charge in [-0.15, -0.1) is 0 Å². The Balaban J connectivity index is 2.27. The Bertz CT molecular complexity index is 492. The first-order valence-corrected chi connectivity index (χ1v) is 5.76. The number of aryl methyl sites for hydroxylation is 1. The lowest BCUT2D eigenvalue weighted by atomic mass is 10.2. The van der Waals surface area contributed by atoms with E-state index < -0.39 is 0 Å². The molecule has 0 fully saturated rings. The molecular weight excluding hydrogens is 212 g/mol. The lowest BCUT2D eigenvalue weighted by Crippen LogP contribution is -1.95. The second-order valence-electron chi connectivity index (χ2n) is 3.75. The van der Waals surface area contributed by atoms with Gasteiger partial charge in [0, 0.05) is 0 Å². The first-order valence-electron chi connectivity index (χ1n) is 5.76. The number of benzene rings is 2. The predicted octanol–water partition coefficient (Wildman–Crippen LogP) is 4.19. The van der Waals surface area contributed by atoms with Crippen molar-refractivity contribution in [1.82, 2.24) is 0 Å². The van der Waals surface area contributed by atoms with Crippen molar-refractivity contribution in [2.75, 3.05) is 6.61 Å². The Hall–Kier alpha value is -1.96. The van der Waals surface area contributed by atoms with E-state index in [4.69, 9.17) is 9.47 Å². The Kier molecular flexibility index (Phi) is 3.66. The van der Waals surface area contributed by atoms with Crippen LogP contribution in [-0.2, 0) is 0 Å². The van der Waals surface area contributed by atoms with Crippen LogP contribution >= 0.6 is 0 Å². The third-order valence-electron chi connectivity index (χ3n) is 2.46. The lowest BCUT2D eigenvalue weighted by Gasteiger charge is -2.12. The number of ether oxygens (including phenoxy) is 2. The average molecular weight is 228 g/mol. The molecule has 0 aliphatic carbocycles. The molecule has 0 aromatic heterocycles. The van der Waals surface area contributed by atoms with Crippen LogP contribution in [0.15, 0.2) is 48.5 Å². The molecule has 88 valence electrons. The first-order chi connectivity index (χ1) is 8.31. The van der Waals surface area contributed by atoms with Crippen LogP contribution in [0.4, 0.5) is 0 Å². The minimum Gasteiger partial charge on any atom is -0.490 e. The molecule has 0 radical (unpaired) electrons. The summed E-state index contributed by atoms with van der Waals surface area (Å²) >= 11 is 0. The Morgan fingerprint density at radius 1 is 0.824 bits per heavy atom. The molecular formula is C15H16O2. The van der Waals surface area contributed by atoms with E-state index in [-0.39, 0.29) is 0 Å². The number of rotatable bonds is 4. The van der Waals surface area contributed by atoms with E-state index >= 15 is 0 Å². The molecule has 2 nitrogen and oxygen atoms in total. The molecule has 0 spiro atoms. The second kappa shape index (κ2) is 5.39. The molecule has 2 rings (SSSR count). The highest BCUT2D eigenvalue weighted by molar-refractivity contribution is 5.44. The van der Waals surface area contributed by atoms with Gasteiger partial charge in [0.1, 0.15) is 5.75 Å². The van der Waals surface area contributed by atoms with Gasteiger partial charge < -0.3 is 9.47 Å². The minimum atomic E-state index is 0.633. The van der Waals surface area contributed by atoms with E-state index in [1.54, 1.807) is 0 Å². The molecule has 0 aliphatic rings. The highest BCUT2D eigenvalue weighted by Gasteiger charge is 2.06. The van der Waals surface area contributed by atoms with Crippen molar-refractivity contribution in [3.05, 3.63) is 54.1 Å². The van der Waals surface area contributed by atoms with Crippen LogP contribution in [0.2, 0.25) is 0 Å². The van der Waals surface area contributed by atoms with Gasteiger partial charge in [0.2, 0.25) is 0 Å². The highest BCUT2D eigenvalue weighted by atomic mass is 16.5. The maximum Gasteiger partial charge on any atom is 0.169 e. The summed E-state index contributed by atoms with van der Waals surface area (Å²) in [5.74, 6) is 2.39. The third kappa shape index (κ3) is 2.78. The molecule has 0 unspecified atom stereocenters. The predicted molar refractivity (Wildman–Crippen MR) is 68.9 cm³/mol. The zero-order chi connectivity index (χ0) is 12.1. The fourth-order valence-corrected chi connectivity index (χ4v) is 1.60. The summed E-state index contributed by atoms with van der Waals surface area (Å²) in [4.78, 5) is 0. The minimum absolute atomic E-state index is 0.633. The van der Waals surface area contributed by atoms with Crippen LogP contribution in [0.1, 0.15) is 12.5 Å². The van der Waals surface area contributed by atoms with Gasteiger partial charge in [0.25, 0.3) is 0 Å². The average Bonchev–Trinajstić information content (AvgIpc) is 2.35. The van der Waals surface area contributed by atoms with Gasteiger partial charge in [-0.05, 0) is 37.6 Å². The zero-order valence-corrected chi connectivity index (χ0v) is 10.1. The summed E-state index contributed by atoms with van der Waals surface area (Å²) in [5.41, 5.74) is 1.11. The maximum absolute atomic E-state index is 5.87. The first kappa shape index (κ1) is 11.5. The zero-order valence-electron chi connectivity index (χ0n) is 10.1. The Morgan fingerprint density at radius 3 is 2.06 bits per heavy atom. The van der Waals surface area contributed by atoms with Gasteiger partial charge in [-0.1, -0.05) is 30.3 Å². The van der Waals surface area contributed by atoms with Gasteiger partial charge in [0.05, 0.1) is 6.61 Å². The van der Waals surface area contributed by atoms with Crippen LogP contribution in [0.25, 0.3) is 0 Å². The number of hydrogen-bond acceptors (Lipinski definition) is 2. The molecule has 0 N–H and O–H groups in total. The quantitative estimate of drug-likeness (QED) is 0.781. The Morgan fingerprint density at radius 2 is 1.41 bits per heavy atom. The van der Waals surface area contributed by atoms with Gasteiger partial charge in [0.15, 0.2) is 11.5 Å². The Labute approximate surface area is 102 Å². The molecule has 0 atom stereocenters. The summed E-state index contributed by atoms with van der Waals surface area (Å²) in [7, 11) is 0. The molecule has 0 heterocycles. The molecule has 0 saturated heterocycles. The molecule has 2 aromatic carbocycles.